The fourth-order valence-electron chi connectivity index (χ4n) is 4.54. The molecule has 2 N–H and O–H groups in total. The molecule has 3 saturated heterocycles. The third-order valence-electron chi connectivity index (χ3n) is 5.95. The SMILES string of the molecule is Fc1cccc(N2CCCCC2)c1.Nc1cc(N2CC3CC(C3)C2)ccn1.[HH]. The van der Waals surface area contributed by atoms with Gasteiger partial charge in [-0.05, 0) is 68.2 Å². The second-order valence-electron chi connectivity index (χ2n) is 8.07. The molecule has 4 heterocycles. The molecule has 0 unspecified atom stereocenters. The topological polar surface area (TPSA) is 45.4 Å². The fourth-order valence-corrected chi connectivity index (χ4v) is 4.54. The summed E-state index contributed by atoms with van der Waals surface area (Å²) in [6.45, 7) is 4.56. The summed E-state index contributed by atoms with van der Waals surface area (Å²) < 4.78 is 12.9. The highest BCUT2D eigenvalue weighted by atomic mass is 19.1. The van der Waals surface area contributed by atoms with Gasteiger partial charge < -0.3 is 15.5 Å². The van der Waals surface area contributed by atoms with E-state index in [-0.39, 0.29) is 7.24 Å². The number of aromatic nitrogens is 1. The second kappa shape index (κ2) is 8.15. The molecule has 6 rings (SSSR count). The maximum Gasteiger partial charge on any atom is 0.125 e. The van der Waals surface area contributed by atoms with E-state index in [1.54, 1.807) is 18.3 Å². The zero-order chi connectivity index (χ0) is 18.6. The van der Waals surface area contributed by atoms with E-state index < -0.39 is 0 Å². The van der Waals surface area contributed by atoms with Crippen molar-refractivity contribution < 1.29 is 5.82 Å². The number of nitrogens with zero attached hydrogens (tertiary/aromatic N) is 3. The molecule has 146 valence electrons. The summed E-state index contributed by atoms with van der Waals surface area (Å²) in [5, 5.41) is 0. The van der Waals surface area contributed by atoms with E-state index in [4.69, 9.17) is 5.73 Å². The lowest BCUT2D eigenvalue weighted by Gasteiger charge is -2.48. The molecule has 1 saturated carbocycles. The van der Waals surface area contributed by atoms with Gasteiger partial charge in [-0.2, -0.15) is 0 Å². The summed E-state index contributed by atoms with van der Waals surface area (Å²) in [6, 6.07) is 10.9. The molecule has 5 heteroatoms. The van der Waals surface area contributed by atoms with Crippen molar-refractivity contribution in [2.75, 3.05) is 41.7 Å². The number of rotatable bonds is 2. The Balaban J connectivity index is 0.000000156. The Labute approximate surface area is 162 Å². The first kappa shape index (κ1) is 18.1. The normalized spacial score (nSPS) is 23.9. The van der Waals surface area contributed by atoms with Crippen molar-refractivity contribution in [3.05, 3.63) is 48.4 Å². The molecule has 1 aliphatic carbocycles. The summed E-state index contributed by atoms with van der Waals surface area (Å²) in [4.78, 5) is 8.72. The molecule has 2 bridgehead atoms. The molecule has 4 aliphatic rings. The van der Waals surface area contributed by atoms with Crippen LogP contribution in [0.15, 0.2) is 42.6 Å². The van der Waals surface area contributed by atoms with Gasteiger partial charge in [-0.25, -0.2) is 9.37 Å². The van der Waals surface area contributed by atoms with E-state index in [2.05, 4.69) is 20.9 Å². The average Bonchev–Trinajstić information content (AvgIpc) is 2.69. The van der Waals surface area contributed by atoms with Crippen LogP contribution in [0.25, 0.3) is 0 Å². The smallest absolute Gasteiger partial charge is 0.125 e. The van der Waals surface area contributed by atoms with Crippen molar-refractivity contribution in [1.82, 2.24) is 4.98 Å². The summed E-state index contributed by atoms with van der Waals surface area (Å²) in [6.07, 6.45) is 8.46. The first-order valence-corrected chi connectivity index (χ1v) is 10.1. The largest absolute Gasteiger partial charge is 0.384 e. The number of piperidine rings is 3. The zero-order valence-corrected chi connectivity index (χ0v) is 15.9. The minimum atomic E-state index is -0.136. The molecule has 27 heavy (non-hydrogen) atoms. The van der Waals surface area contributed by atoms with E-state index in [0.717, 1.165) is 30.6 Å². The van der Waals surface area contributed by atoms with E-state index >= 15 is 0 Å². The number of fused-ring (bicyclic) bond motifs is 2. The van der Waals surface area contributed by atoms with E-state index in [0.29, 0.717) is 5.82 Å². The summed E-state index contributed by atoms with van der Waals surface area (Å²) in [5.41, 5.74) is 7.94. The van der Waals surface area contributed by atoms with Gasteiger partial charge in [0.05, 0.1) is 0 Å². The van der Waals surface area contributed by atoms with Crippen LogP contribution in [0.4, 0.5) is 21.6 Å². The zero-order valence-electron chi connectivity index (χ0n) is 15.9. The van der Waals surface area contributed by atoms with Crippen molar-refractivity contribution in [1.29, 1.82) is 0 Å². The predicted octanol–water partition coefficient (Wildman–Crippen LogP) is 4.57. The van der Waals surface area contributed by atoms with Crippen LogP contribution >= 0.6 is 0 Å². The molecule has 1 aromatic heterocycles. The van der Waals surface area contributed by atoms with Crippen LogP contribution in [0.2, 0.25) is 0 Å². The monoisotopic (exact) mass is 370 g/mol. The van der Waals surface area contributed by atoms with Crippen LogP contribution in [0.3, 0.4) is 0 Å². The first-order chi connectivity index (χ1) is 13.2. The molecule has 4 fully saturated rings. The number of benzene rings is 1. The van der Waals surface area contributed by atoms with Crippen LogP contribution in [0.1, 0.15) is 33.5 Å². The van der Waals surface area contributed by atoms with Gasteiger partial charge in [-0.15, -0.1) is 0 Å². The Bertz CT molecular complexity index is 750. The molecule has 1 aromatic carbocycles. The van der Waals surface area contributed by atoms with Crippen molar-refractivity contribution in [3.63, 3.8) is 0 Å². The highest BCUT2D eigenvalue weighted by molar-refractivity contribution is 5.52. The predicted molar refractivity (Wildman–Crippen MR) is 112 cm³/mol. The lowest BCUT2D eigenvalue weighted by Crippen LogP contribution is -2.48. The van der Waals surface area contributed by atoms with Gasteiger partial charge in [0.2, 0.25) is 0 Å². The Morgan fingerprint density at radius 2 is 1.63 bits per heavy atom. The third-order valence-corrected chi connectivity index (χ3v) is 5.95. The second-order valence-corrected chi connectivity index (χ2v) is 8.07. The summed E-state index contributed by atoms with van der Waals surface area (Å²) in [5.74, 6) is 2.36. The molecule has 4 nitrogen and oxygen atoms in total. The third kappa shape index (κ3) is 4.52. The first-order valence-electron chi connectivity index (χ1n) is 10.1. The van der Waals surface area contributed by atoms with Gasteiger partial charge in [-0.3, -0.25) is 0 Å². The van der Waals surface area contributed by atoms with Gasteiger partial charge >= 0.3 is 0 Å². The van der Waals surface area contributed by atoms with Crippen molar-refractivity contribution in [2.45, 2.75) is 32.1 Å². The Morgan fingerprint density at radius 1 is 0.926 bits per heavy atom. The van der Waals surface area contributed by atoms with Gasteiger partial charge in [0.1, 0.15) is 11.6 Å². The maximum atomic E-state index is 12.9. The van der Waals surface area contributed by atoms with Crippen LogP contribution in [-0.2, 0) is 0 Å². The quantitative estimate of drug-likeness (QED) is 0.841. The molecule has 3 aliphatic heterocycles. The number of anilines is 3. The number of nitrogens with two attached hydrogens (primary N) is 1. The minimum absolute atomic E-state index is 0. The number of pyridine rings is 1. The Kier molecular flexibility index (Phi) is 5.46. The molecule has 2 aromatic rings. The molecule has 0 radical (unpaired) electrons. The van der Waals surface area contributed by atoms with E-state index in [1.165, 1.54) is 56.9 Å². The maximum absolute atomic E-state index is 12.9. The lowest BCUT2D eigenvalue weighted by atomic mass is 9.71. The van der Waals surface area contributed by atoms with Crippen LogP contribution in [-0.4, -0.2) is 31.2 Å². The van der Waals surface area contributed by atoms with Crippen molar-refractivity contribution >= 4 is 17.2 Å². The lowest BCUT2D eigenvalue weighted by molar-refractivity contribution is 0.159. The van der Waals surface area contributed by atoms with E-state index in [9.17, 15) is 4.39 Å². The number of nitrogen functional groups attached to an aromatic ring is 1. The highest BCUT2D eigenvalue weighted by Crippen LogP contribution is 2.41. The van der Waals surface area contributed by atoms with Gasteiger partial charge in [0.25, 0.3) is 0 Å². The van der Waals surface area contributed by atoms with Crippen LogP contribution < -0.4 is 15.5 Å². The number of halogens is 1. The van der Waals surface area contributed by atoms with Crippen molar-refractivity contribution in [2.24, 2.45) is 11.8 Å². The molecule has 0 atom stereocenters. The van der Waals surface area contributed by atoms with Gasteiger partial charge in [0, 0.05) is 51.2 Å². The fraction of sp³-hybridized carbons (Fsp3) is 0.500. The molecule has 0 spiro atoms. The van der Waals surface area contributed by atoms with Gasteiger partial charge in [0.15, 0.2) is 0 Å². The molecular formula is C22H31FN4. The summed E-state index contributed by atoms with van der Waals surface area (Å²) in [7, 11) is 0. The summed E-state index contributed by atoms with van der Waals surface area (Å²) >= 11 is 0. The number of hydrogen-bond donors (Lipinski definition) is 1. The highest BCUT2D eigenvalue weighted by Gasteiger charge is 2.37. The van der Waals surface area contributed by atoms with Crippen LogP contribution in [0.5, 0.6) is 0 Å². The van der Waals surface area contributed by atoms with E-state index in [1.807, 2.05) is 12.1 Å². The van der Waals surface area contributed by atoms with Crippen LogP contribution in [0, 0.1) is 17.7 Å². The Hall–Kier alpha value is -2.30. The molecular weight excluding hydrogens is 339 g/mol. The van der Waals surface area contributed by atoms with Crippen molar-refractivity contribution in [3.8, 4) is 0 Å². The average molecular weight is 371 g/mol. The standard InChI is InChI=1S/C11H14FN.C11H15N3.H2/c12-10-5-4-6-11(9-10)13-7-2-1-3-8-13;12-11-5-10(1-2-13-11)14-6-8-3-9(4-8)7-14;/h4-6,9H,1-3,7-8H2;1-2,5,8-9H,3-4,6-7H2,(H2,12,13);1H. The van der Waals surface area contributed by atoms with Gasteiger partial charge in [-0.1, -0.05) is 6.07 Å². The molecule has 0 amide bonds. The minimum Gasteiger partial charge on any atom is -0.384 e. The number of hydrogen-bond acceptors (Lipinski definition) is 4. The Morgan fingerprint density at radius 3 is 2.30 bits per heavy atom.